The highest BCUT2D eigenvalue weighted by Crippen LogP contribution is 2.11. The van der Waals surface area contributed by atoms with Gasteiger partial charge in [0.1, 0.15) is 24.3 Å². The minimum Gasteiger partial charge on any atom is -0.480 e. The highest BCUT2D eigenvalue weighted by atomic mass is 16.6. The number of aliphatic carboxylic acids is 1. The van der Waals surface area contributed by atoms with Gasteiger partial charge in [-0.1, -0.05) is 44.2 Å². The Morgan fingerprint density at radius 2 is 1.63 bits per heavy atom. The molecule has 0 bridgehead atoms. The predicted molar refractivity (Wildman–Crippen MR) is 108 cm³/mol. The van der Waals surface area contributed by atoms with Gasteiger partial charge >= 0.3 is 18.0 Å². The number of ether oxygens (including phenoxy) is 2. The molecule has 30 heavy (non-hydrogen) atoms. The summed E-state index contributed by atoms with van der Waals surface area (Å²) >= 11 is 0. The lowest BCUT2D eigenvalue weighted by atomic mass is 10.0. The van der Waals surface area contributed by atoms with E-state index in [1.165, 1.54) is 0 Å². The number of amides is 2. The van der Waals surface area contributed by atoms with Crippen molar-refractivity contribution in [3.8, 4) is 0 Å². The molecule has 0 aromatic heterocycles. The van der Waals surface area contributed by atoms with Crippen LogP contribution in [0.25, 0.3) is 0 Å². The third-order valence-corrected chi connectivity index (χ3v) is 3.84. The summed E-state index contributed by atoms with van der Waals surface area (Å²) in [4.78, 5) is 48.3. The van der Waals surface area contributed by atoms with E-state index in [1.54, 1.807) is 58.9 Å². The Balaban J connectivity index is 2.84. The van der Waals surface area contributed by atoms with Gasteiger partial charge in [0, 0.05) is 0 Å². The van der Waals surface area contributed by atoms with Crippen molar-refractivity contribution in [2.75, 3.05) is 0 Å². The van der Waals surface area contributed by atoms with Gasteiger partial charge in [-0.25, -0.2) is 9.59 Å². The zero-order chi connectivity index (χ0) is 22.9. The summed E-state index contributed by atoms with van der Waals surface area (Å²) in [6.45, 7) is 8.23. The molecule has 0 spiro atoms. The van der Waals surface area contributed by atoms with Crippen molar-refractivity contribution in [1.29, 1.82) is 0 Å². The summed E-state index contributed by atoms with van der Waals surface area (Å²) in [5.41, 5.74) is -0.0421. The molecule has 0 saturated heterocycles. The monoisotopic (exact) mass is 422 g/mol. The van der Waals surface area contributed by atoms with Gasteiger partial charge in [-0.15, -0.1) is 0 Å². The molecule has 0 saturated carbocycles. The third-order valence-electron chi connectivity index (χ3n) is 3.84. The summed E-state index contributed by atoms with van der Waals surface area (Å²) in [7, 11) is 0. The lowest BCUT2D eigenvalue weighted by molar-refractivity contribution is -0.156. The van der Waals surface area contributed by atoms with E-state index in [4.69, 9.17) is 9.47 Å². The van der Waals surface area contributed by atoms with Gasteiger partial charge in [0.2, 0.25) is 5.91 Å². The van der Waals surface area contributed by atoms with Crippen molar-refractivity contribution < 1.29 is 33.8 Å². The van der Waals surface area contributed by atoms with Crippen LogP contribution in [0.15, 0.2) is 30.3 Å². The van der Waals surface area contributed by atoms with E-state index in [2.05, 4.69) is 10.6 Å². The van der Waals surface area contributed by atoms with E-state index < -0.39 is 54.0 Å². The Kier molecular flexibility index (Phi) is 9.29. The number of esters is 1. The SMILES string of the molecule is CC(C)[C@H](NC(=O)[C@H](CC(=O)OC(C)(C)C)NC(=O)OCc1ccccc1)C(=O)O. The van der Waals surface area contributed by atoms with Crippen molar-refractivity contribution in [3.05, 3.63) is 35.9 Å². The lowest BCUT2D eigenvalue weighted by Gasteiger charge is -2.24. The maximum Gasteiger partial charge on any atom is 0.408 e. The van der Waals surface area contributed by atoms with Crippen LogP contribution < -0.4 is 10.6 Å². The van der Waals surface area contributed by atoms with Crippen molar-refractivity contribution in [1.82, 2.24) is 10.6 Å². The van der Waals surface area contributed by atoms with E-state index in [9.17, 15) is 24.3 Å². The summed E-state index contributed by atoms with van der Waals surface area (Å²) in [5.74, 6) is -3.17. The van der Waals surface area contributed by atoms with E-state index in [0.29, 0.717) is 0 Å². The Bertz CT molecular complexity index is 741. The molecule has 3 N–H and O–H groups in total. The first-order chi connectivity index (χ1) is 13.9. The zero-order valence-electron chi connectivity index (χ0n) is 17.9. The molecule has 0 aliphatic rings. The number of alkyl carbamates (subject to hydrolysis) is 1. The van der Waals surface area contributed by atoms with E-state index >= 15 is 0 Å². The molecule has 0 unspecified atom stereocenters. The standard InChI is InChI=1S/C21H30N2O7/c1-13(2)17(19(26)27)23-18(25)15(11-16(24)30-21(3,4)5)22-20(28)29-12-14-9-7-6-8-10-14/h6-10,13,15,17H,11-12H2,1-5H3,(H,22,28)(H,23,25)(H,26,27)/t15-,17-/m0/s1. The number of hydrogen-bond acceptors (Lipinski definition) is 6. The van der Waals surface area contributed by atoms with Crippen LogP contribution in [0.4, 0.5) is 4.79 Å². The number of benzene rings is 1. The Morgan fingerprint density at radius 3 is 2.13 bits per heavy atom. The molecular weight excluding hydrogens is 392 g/mol. The largest absolute Gasteiger partial charge is 0.480 e. The molecular formula is C21H30N2O7. The lowest BCUT2D eigenvalue weighted by Crippen LogP contribution is -2.54. The third kappa shape index (κ3) is 9.40. The number of carbonyl (C=O) groups is 4. The van der Waals surface area contributed by atoms with Gasteiger partial charge in [0.05, 0.1) is 6.42 Å². The van der Waals surface area contributed by atoms with Crippen LogP contribution in [0.3, 0.4) is 0 Å². The number of rotatable bonds is 9. The van der Waals surface area contributed by atoms with Crippen LogP contribution >= 0.6 is 0 Å². The molecule has 1 rings (SSSR count). The molecule has 0 aliphatic heterocycles. The highest BCUT2D eigenvalue weighted by molar-refractivity contribution is 5.92. The van der Waals surface area contributed by atoms with Crippen molar-refractivity contribution in [3.63, 3.8) is 0 Å². The molecule has 166 valence electrons. The van der Waals surface area contributed by atoms with Gasteiger partial charge in [0.25, 0.3) is 0 Å². The Labute approximate surface area is 176 Å². The Morgan fingerprint density at radius 1 is 1.03 bits per heavy atom. The minimum absolute atomic E-state index is 0.0306. The van der Waals surface area contributed by atoms with E-state index in [-0.39, 0.29) is 6.61 Å². The number of nitrogens with one attached hydrogen (secondary N) is 2. The van der Waals surface area contributed by atoms with Gasteiger partial charge in [0.15, 0.2) is 0 Å². The molecule has 1 aromatic rings. The zero-order valence-corrected chi connectivity index (χ0v) is 17.9. The molecule has 9 nitrogen and oxygen atoms in total. The maximum absolute atomic E-state index is 12.6. The topological polar surface area (TPSA) is 131 Å². The average Bonchev–Trinajstić information content (AvgIpc) is 2.62. The first-order valence-electron chi connectivity index (χ1n) is 9.61. The predicted octanol–water partition coefficient (Wildman–Crippen LogP) is 2.24. The maximum atomic E-state index is 12.6. The summed E-state index contributed by atoms with van der Waals surface area (Å²) in [5, 5.41) is 13.9. The van der Waals surface area contributed by atoms with Crippen LogP contribution in [0.1, 0.15) is 46.6 Å². The molecule has 2 atom stereocenters. The average molecular weight is 422 g/mol. The fraction of sp³-hybridized carbons (Fsp3) is 0.524. The van der Waals surface area contributed by atoms with Crippen LogP contribution in [-0.4, -0.2) is 46.7 Å². The smallest absolute Gasteiger partial charge is 0.408 e. The minimum atomic E-state index is -1.36. The quantitative estimate of drug-likeness (QED) is 0.520. The first-order valence-corrected chi connectivity index (χ1v) is 9.61. The second-order valence-electron chi connectivity index (χ2n) is 8.12. The Hall–Kier alpha value is -3.10. The van der Waals surface area contributed by atoms with E-state index in [1.807, 2.05) is 6.07 Å². The molecule has 9 heteroatoms. The van der Waals surface area contributed by atoms with Gasteiger partial charge in [-0.2, -0.15) is 0 Å². The second-order valence-corrected chi connectivity index (χ2v) is 8.12. The second kappa shape index (κ2) is 11.2. The van der Waals surface area contributed by atoms with Crippen molar-refractivity contribution >= 4 is 23.9 Å². The number of hydrogen-bond donors (Lipinski definition) is 3. The normalized spacial score (nSPS) is 13.1. The molecule has 1 aromatic carbocycles. The van der Waals surface area contributed by atoms with Crippen LogP contribution in [-0.2, 0) is 30.5 Å². The van der Waals surface area contributed by atoms with E-state index in [0.717, 1.165) is 5.56 Å². The first kappa shape index (κ1) is 24.9. The van der Waals surface area contributed by atoms with Crippen LogP contribution in [0, 0.1) is 5.92 Å². The van der Waals surface area contributed by atoms with Gasteiger partial charge in [-0.3, -0.25) is 9.59 Å². The van der Waals surface area contributed by atoms with Crippen molar-refractivity contribution in [2.24, 2.45) is 5.92 Å². The molecule has 0 heterocycles. The van der Waals surface area contributed by atoms with Crippen LogP contribution in [0.2, 0.25) is 0 Å². The molecule has 2 amide bonds. The molecule has 0 radical (unpaired) electrons. The number of carboxylic acid groups (broad SMARTS) is 1. The summed E-state index contributed by atoms with van der Waals surface area (Å²) in [6.07, 6.45) is -1.40. The summed E-state index contributed by atoms with van der Waals surface area (Å²) < 4.78 is 10.3. The highest BCUT2D eigenvalue weighted by Gasteiger charge is 2.31. The fourth-order valence-corrected chi connectivity index (χ4v) is 2.43. The molecule has 0 aliphatic carbocycles. The van der Waals surface area contributed by atoms with Gasteiger partial charge in [-0.05, 0) is 32.3 Å². The number of carboxylic acids is 1. The summed E-state index contributed by atoms with van der Waals surface area (Å²) in [6, 6.07) is 6.37. The number of carbonyl (C=O) groups excluding carboxylic acids is 3. The van der Waals surface area contributed by atoms with Crippen molar-refractivity contribution in [2.45, 2.75) is 65.3 Å². The molecule has 0 fully saturated rings. The van der Waals surface area contributed by atoms with Gasteiger partial charge < -0.3 is 25.2 Å². The van der Waals surface area contributed by atoms with Crippen LogP contribution in [0.5, 0.6) is 0 Å². The fourth-order valence-electron chi connectivity index (χ4n) is 2.43.